The van der Waals surface area contributed by atoms with Crippen molar-refractivity contribution in [3.63, 3.8) is 0 Å². The first-order valence-corrected chi connectivity index (χ1v) is 6.55. The number of aliphatic hydroxyl groups excluding tert-OH is 1. The third-order valence-electron chi connectivity index (χ3n) is 2.87. The van der Waals surface area contributed by atoms with Crippen LogP contribution in [0.25, 0.3) is 0 Å². The summed E-state index contributed by atoms with van der Waals surface area (Å²) in [5.74, 6) is -0.472. The lowest BCUT2D eigenvalue weighted by molar-refractivity contribution is -0.122. The molecule has 0 aromatic heterocycles. The van der Waals surface area contributed by atoms with Gasteiger partial charge in [0.05, 0.1) is 25.4 Å². The van der Waals surface area contributed by atoms with Gasteiger partial charge in [0.25, 0.3) is 0 Å². The van der Waals surface area contributed by atoms with Crippen molar-refractivity contribution in [1.29, 1.82) is 0 Å². The molecule has 0 saturated heterocycles. The molecule has 0 aromatic carbocycles. The third kappa shape index (κ3) is 7.60. The molecule has 18 heavy (non-hydrogen) atoms. The minimum atomic E-state index is -0.498. The van der Waals surface area contributed by atoms with E-state index in [9.17, 15) is 9.90 Å². The van der Waals surface area contributed by atoms with Gasteiger partial charge in [0, 0.05) is 13.1 Å². The summed E-state index contributed by atoms with van der Waals surface area (Å²) in [6.45, 7) is 1.76. The van der Waals surface area contributed by atoms with Crippen molar-refractivity contribution in [3.05, 3.63) is 0 Å². The molecule has 0 radical (unpaired) electrons. The number of amides is 1. The third-order valence-corrected chi connectivity index (χ3v) is 2.87. The molecule has 1 saturated carbocycles. The van der Waals surface area contributed by atoms with Crippen molar-refractivity contribution in [2.75, 3.05) is 32.9 Å². The van der Waals surface area contributed by atoms with Crippen LogP contribution in [0.3, 0.4) is 0 Å². The second kappa shape index (κ2) is 9.27. The molecule has 0 aromatic rings. The molecule has 1 amide bonds. The van der Waals surface area contributed by atoms with Crippen LogP contribution in [0.5, 0.6) is 0 Å². The number of hydrogen-bond donors (Lipinski definition) is 3. The van der Waals surface area contributed by atoms with Gasteiger partial charge < -0.3 is 25.6 Å². The van der Waals surface area contributed by atoms with Gasteiger partial charge in [-0.25, -0.2) is 0 Å². The Bertz CT molecular complexity index is 232. The van der Waals surface area contributed by atoms with E-state index in [1.54, 1.807) is 0 Å². The summed E-state index contributed by atoms with van der Waals surface area (Å²) < 4.78 is 10.6. The Morgan fingerprint density at radius 2 is 2.17 bits per heavy atom. The summed E-state index contributed by atoms with van der Waals surface area (Å²) in [7, 11) is 0. The Balaban J connectivity index is 1.86. The van der Waals surface area contributed by atoms with Crippen molar-refractivity contribution < 1.29 is 19.4 Å². The summed E-state index contributed by atoms with van der Waals surface area (Å²) in [5, 5.41) is 12.7. The Hall–Kier alpha value is -0.690. The number of primary amides is 1. The van der Waals surface area contributed by atoms with Gasteiger partial charge in [-0.15, -0.1) is 0 Å². The van der Waals surface area contributed by atoms with Crippen molar-refractivity contribution in [2.45, 2.75) is 37.9 Å². The van der Waals surface area contributed by atoms with Crippen LogP contribution in [0.4, 0.5) is 0 Å². The van der Waals surface area contributed by atoms with E-state index in [2.05, 4.69) is 5.32 Å². The van der Waals surface area contributed by atoms with Crippen molar-refractivity contribution in [2.24, 2.45) is 5.73 Å². The fourth-order valence-corrected chi connectivity index (χ4v) is 1.95. The molecule has 1 aliphatic rings. The zero-order valence-electron chi connectivity index (χ0n) is 10.8. The van der Waals surface area contributed by atoms with Crippen LogP contribution in [-0.4, -0.2) is 56.1 Å². The number of nitrogens with two attached hydrogens (primary N) is 1. The van der Waals surface area contributed by atoms with E-state index < -0.39 is 12.0 Å². The van der Waals surface area contributed by atoms with Gasteiger partial charge in [0.15, 0.2) is 0 Å². The Labute approximate surface area is 108 Å². The van der Waals surface area contributed by atoms with E-state index in [1.807, 2.05) is 0 Å². The predicted octanol–water partition coefficient (Wildman–Crippen LogP) is -0.602. The highest BCUT2D eigenvalue weighted by molar-refractivity contribution is 5.74. The first kappa shape index (κ1) is 15.4. The van der Waals surface area contributed by atoms with Gasteiger partial charge in [-0.05, 0) is 12.8 Å². The quantitative estimate of drug-likeness (QED) is 0.456. The Morgan fingerprint density at radius 3 is 2.83 bits per heavy atom. The van der Waals surface area contributed by atoms with Crippen LogP contribution in [0.15, 0.2) is 0 Å². The SMILES string of the molecule is NC(=O)COCCNCC(O)COC1CCCC1. The highest BCUT2D eigenvalue weighted by Crippen LogP contribution is 2.20. The predicted molar refractivity (Wildman–Crippen MR) is 67.1 cm³/mol. The molecular formula is C12H24N2O4. The molecule has 0 heterocycles. The molecule has 0 spiro atoms. The zero-order valence-corrected chi connectivity index (χ0v) is 10.8. The first-order valence-electron chi connectivity index (χ1n) is 6.55. The van der Waals surface area contributed by atoms with Gasteiger partial charge in [0.2, 0.25) is 5.91 Å². The zero-order chi connectivity index (χ0) is 13.2. The van der Waals surface area contributed by atoms with Crippen LogP contribution in [-0.2, 0) is 14.3 Å². The van der Waals surface area contributed by atoms with Crippen molar-refractivity contribution in [1.82, 2.24) is 5.32 Å². The smallest absolute Gasteiger partial charge is 0.243 e. The van der Waals surface area contributed by atoms with Crippen LogP contribution in [0.1, 0.15) is 25.7 Å². The van der Waals surface area contributed by atoms with Gasteiger partial charge in [-0.2, -0.15) is 0 Å². The van der Waals surface area contributed by atoms with Crippen molar-refractivity contribution in [3.8, 4) is 0 Å². The van der Waals surface area contributed by atoms with E-state index in [0.717, 1.165) is 12.8 Å². The average Bonchev–Trinajstić information content (AvgIpc) is 2.83. The maximum absolute atomic E-state index is 10.4. The number of carbonyl (C=O) groups excluding carboxylic acids is 1. The van der Waals surface area contributed by atoms with Crippen LogP contribution in [0, 0.1) is 0 Å². The number of nitrogens with one attached hydrogen (secondary N) is 1. The number of carbonyl (C=O) groups is 1. The van der Waals surface area contributed by atoms with Gasteiger partial charge >= 0.3 is 0 Å². The monoisotopic (exact) mass is 260 g/mol. The fraction of sp³-hybridized carbons (Fsp3) is 0.917. The van der Waals surface area contributed by atoms with E-state index >= 15 is 0 Å². The molecule has 6 heteroatoms. The van der Waals surface area contributed by atoms with Crippen LogP contribution < -0.4 is 11.1 Å². The first-order chi connectivity index (χ1) is 8.68. The maximum atomic E-state index is 10.4. The average molecular weight is 260 g/mol. The largest absolute Gasteiger partial charge is 0.389 e. The standard InChI is InChI=1S/C12H24N2O4/c13-12(16)9-17-6-5-14-7-10(15)8-18-11-3-1-2-4-11/h10-11,14-15H,1-9H2,(H2,13,16). The lowest BCUT2D eigenvalue weighted by atomic mass is 10.3. The number of aliphatic hydroxyl groups is 1. The molecule has 1 atom stereocenters. The summed E-state index contributed by atoms with van der Waals surface area (Å²) in [6.07, 6.45) is 4.52. The summed E-state index contributed by atoms with van der Waals surface area (Å²) in [5.41, 5.74) is 4.91. The fourth-order valence-electron chi connectivity index (χ4n) is 1.95. The van der Waals surface area contributed by atoms with E-state index in [1.165, 1.54) is 12.8 Å². The Kier molecular flexibility index (Phi) is 7.91. The molecular weight excluding hydrogens is 236 g/mol. The molecule has 106 valence electrons. The molecule has 1 rings (SSSR count). The minimum absolute atomic E-state index is 0.0605. The lowest BCUT2D eigenvalue weighted by Crippen LogP contribution is -2.33. The maximum Gasteiger partial charge on any atom is 0.243 e. The van der Waals surface area contributed by atoms with Crippen LogP contribution >= 0.6 is 0 Å². The van der Waals surface area contributed by atoms with E-state index in [4.69, 9.17) is 15.2 Å². The number of rotatable bonds is 10. The van der Waals surface area contributed by atoms with Crippen molar-refractivity contribution >= 4 is 5.91 Å². The second-order valence-electron chi connectivity index (χ2n) is 4.62. The summed E-state index contributed by atoms with van der Waals surface area (Å²) in [6, 6.07) is 0. The highest BCUT2D eigenvalue weighted by Gasteiger charge is 2.16. The van der Waals surface area contributed by atoms with Gasteiger partial charge in [0.1, 0.15) is 6.61 Å². The molecule has 1 fully saturated rings. The summed E-state index contributed by atoms with van der Waals surface area (Å²) in [4.78, 5) is 10.4. The highest BCUT2D eigenvalue weighted by atomic mass is 16.5. The lowest BCUT2D eigenvalue weighted by Gasteiger charge is -2.15. The second-order valence-corrected chi connectivity index (χ2v) is 4.62. The van der Waals surface area contributed by atoms with E-state index in [-0.39, 0.29) is 6.61 Å². The van der Waals surface area contributed by atoms with Gasteiger partial charge in [-0.1, -0.05) is 12.8 Å². The van der Waals surface area contributed by atoms with E-state index in [0.29, 0.717) is 32.4 Å². The molecule has 0 aliphatic heterocycles. The number of hydrogen-bond acceptors (Lipinski definition) is 5. The summed E-state index contributed by atoms with van der Waals surface area (Å²) >= 11 is 0. The van der Waals surface area contributed by atoms with Gasteiger partial charge in [-0.3, -0.25) is 4.79 Å². The molecule has 1 aliphatic carbocycles. The normalized spacial score (nSPS) is 18.1. The molecule has 1 unspecified atom stereocenters. The molecule has 6 nitrogen and oxygen atoms in total. The molecule has 4 N–H and O–H groups in total. The molecule has 0 bridgehead atoms. The Morgan fingerprint density at radius 1 is 1.44 bits per heavy atom. The number of ether oxygens (including phenoxy) is 2. The minimum Gasteiger partial charge on any atom is -0.389 e. The van der Waals surface area contributed by atoms with Crippen LogP contribution in [0.2, 0.25) is 0 Å². The topological polar surface area (TPSA) is 93.8 Å².